The monoisotopic (exact) mass is 974 g/mol. The number of hydrogen-bond acceptors (Lipinski definition) is 14. The van der Waals surface area contributed by atoms with Crippen LogP contribution in [0.1, 0.15) is 56.2 Å². The molecule has 0 bridgehead atoms. The molecule has 0 unspecified atom stereocenters. The lowest BCUT2D eigenvalue weighted by molar-refractivity contribution is -0.135. The Hall–Kier alpha value is -7.53. The normalized spacial score (nSPS) is 16.3. The number of benzene rings is 5. The third-order valence-corrected chi connectivity index (χ3v) is 13.7. The zero-order valence-corrected chi connectivity index (χ0v) is 39.6. The van der Waals surface area contributed by atoms with Crippen molar-refractivity contribution in [3.63, 3.8) is 0 Å². The second kappa shape index (κ2) is 23.2. The highest BCUT2D eigenvalue weighted by atomic mass is 31.2. The largest absolute Gasteiger partial charge is 0.453 e. The summed E-state index contributed by atoms with van der Waals surface area (Å²) >= 11 is 0. The first kappa shape index (κ1) is 50.3. The number of nitrogens with two attached hydrogens (primary N) is 2. The fraction of sp³-hybridized carbons (Fsp3) is 0.294. The highest BCUT2D eigenvalue weighted by Crippen LogP contribution is 2.57. The van der Waals surface area contributed by atoms with E-state index in [1.165, 1.54) is 72.2 Å². The van der Waals surface area contributed by atoms with Gasteiger partial charge in [0.05, 0.1) is 23.5 Å². The number of ether oxygens (including phenoxy) is 3. The van der Waals surface area contributed by atoms with Gasteiger partial charge >= 0.3 is 25.9 Å². The SMILES string of the molecule is C[C@H](N)C(=O)N(C(=O)OCc1ccccc1)c1ccc(OP(=O)(Oc2ccc(N(C(=O)OCc3ccccc3)C(=O)[C@H](C)N)cc2)[C@@H]2CCCN2C(=O)[C@@H]2CCCN2C(=O)OCc2ccccc2)cc1. The van der Waals surface area contributed by atoms with Crippen LogP contribution in [0.15, 0.2) is 140 Å². The lowest BCUT2D eigenvalue weighted by Crippen LogP contribution is -2.49. The van der Waals surface area contributed by atoms with E-state index >= 15 is 4.57 Å². The zero-order chi connectivity index (χ0) is 49.8. The molecule has 0 aromatic heterocycles. The number of imide groups is 2. The molecule has 7 rings (SSSR count). The lowest BCUT2D eigenvalue weighted by atomic mass is 10.2. The maximum Gasteiger partial charge on any atom is 0.453 e. The Morgan fingerprint density at radius 2 is 0.943 bits per heavy atom. The maximum absolute atomic E-state index is 15.6. The van der Waals surface area contributed by atoms with Crippen molar-refractivity contribution >= 4 is 55.0 Å². The van der Waals surface area contributed by atoms with Gasteiger partial charge in [0.1, 0.15) is 37.4 Å². The molecule has 0 aliphatic carbocycles. The summed E-state index contributed by atoms with van der Waals surface area (Å²) in [6.07, 6.45) is -1.16. The topological polar surface area (TPSA) is 231 Å². The fourth-order valence-electron chi connectivity index (χ4n) is 7.94. The van der Waals surface area contributed by atoms with Crippen molar-refractivity contribution in [3.05, 3.63) is 156 Å². The molecule has 2 heterocycles. The number of carbonyl (C=O) groups is 6. The van der Waals surface area contributed by atoms with E-state index in [0.717, 1.165) is 15.4 Å². The summed E-state index contributed by atoms with van der Waals surface area (Å²) < 4.78 is 44.7. The lowest BCUT2D eigenvalue weighted by Gasteiger charge is -2.34. The second-order valence-electron chi connectivity index (χ2n) is 16.8. The summed E-state index contributed by atoms with van der Waals surface area (Å²) in [6.45, 7) is 3.07. The van der Waals surface area contributed by atoms with Crippen molar-refractivity contribution in [2.45, 2.75) is 83.3 Å². The predicted molar refractivity (Wildman–Crippen MR) is 258 cm³/mol. The fourth-order valence-corrected chi connectivity index (χ4v) is 10.1. The van der Waals surface area contributed by atoms with Crippen LogP contribution in [0.25, 0.3) is 0 Å². The highest BCUT2D eigenvalue weighted by Gasteiger charge is 2.50. The summed E-state index contributed by atoms with van der Waals surface area (Å²) in [5.74, 6) is -3.17. The summed E-state index contributed by atoms with van der Waals surface area (Å²) in [5, 5.41) is 0. The number of amides is 6. The van der Waals surface area contributed by atoms with Crippen LogP contribution >= 0.6 is 7.60 Å². The van der Waals surface area contributed by atoms with E-state index in [2.05, 4.69) is 0 Å². The van der Waals surface area contributed by atoms with Gasteiger partial charge in [0.25, 0.3) is 11.8 Å². The van der Waals surface area contributed by atoms with E-state index in [-0.39, 0.29) is 62.2 Å². The molecular formula is C51H55N6O12P. The van der Waals surface area contributed by atoms with Crippen LogP contribution in [0.4, 0.5) is 25.8 Å². The van der Waals surface area contributed by atoms with E-state index in [1.54, 1.807) is 48.5 Å². The van der Waals surface area contributed by atoms with Crippen LogP contribution in [0.3, 0.4) is 0 Å². The summed E-state index contributed by atoms with van der Waals surface area (Å²) in [6, 6.07) is 34.9. The minimum absolute atomic E-state index is 0.00989. The Morgan fingerprint density at radius 3 is 1.36 bits per heavy atom. The molecule has 19 heteroatoms. The molecule has 5 aromatic carbocycles. The molecule has 4 N–H and O–H groups in total. The second-order valence-corrected chi connectivity index (χ2v) is 18.8. The number of anilines is 2. The molecule has 2 fully saturated rings. The van der Waals surface area contributed by atoms with Crippen molar-refractivity contribution in [2.75, 3.05) is 22.9 Å². The summed E-state index contributed by atoms with van der Waals surface area (Å²) in [4.78, 5) is 85.8. The third kappa shape index (κ3) is 12.4. The van der Waals surface area contributed by atoms with Gasteiger partial charge in [0.15, 0.2) is 5.78 Å². The van der Waals surface area contributed by atoms with Gasteiger partial charge in [-0.2, -0.15) is 0 Å². The van der Waals surface area contributed by atoms with Crippen molar-refractivity contribution in [2.24, 2.45) is 11.5 Å². The Kier molecular flexibility index (Phi) is 16.7. The number of likely N-dealkylation sites (tertiary alicyclic amines) is 2. The van der Waals surface area contributed by atoms with E-state index in [1.807, 2.05) is 42.5 Å². The minimum Gasteiger partial charge on any atom is -0.445 e. The van der Waals surface area contributed by atoms with Crippen LogP contribution in [-0.2, 0) is 53.0 Å². The smallest absolute Gasteiger partial charge is 0.445 e. The van der Waals surface area contributed by atoms with Crippen molar-refractivity contribution in [1.82, 2.24) is 9.80 Å². The molecule has 6 amide bonds. The van der Waals surface area contributed by atoms with E-state index < -0.39 is 67.5 Å². The van der Waals surface area contributed by atoms with Gasteiger partial charge in [0, 0.05) is 13.1 Å². The molecule has 2 aliphatic rings. The van der Waals surface area contributed by atoms with Gasteiger partial charge in [-0.25, -0.2) is 28.7 Å². The van der Waals surface area contributed by atoms with Crippen LogP contribution < -0.4 is 30.3 Å². The number of hydrogen-bond donors (Lipinski definition) is 2. The average molecular weight is 975 g/mol. The Labute approximate surface area is 405 Å². The molecule has 0 radical (unpaired) electrons. The minimum atomic E-state index is -4.55. The molecule has 0 spiro atoms. The van der Waals surface area contributed by atoms with Gasteiger partial charge < -0.3 is 39.6 Å². The molecule has 0 saturated carbocycles. The van der Waals surface area contributed by atoms with Crippen LogP contribution in [-0.4, -0.2) is 82.8 Å². The summed E-state index contributed by atoms with van der Waals surface area (Å²) in [7, 11) is -4.55. The zero-order valence-electron chi connectivity index (χ0n) is 38.7. The van der Waals surface area contributed by atoms with Gasteiger partial charge in [-0.15, -0.1) is 0 Å². The van der Waals surface area contributed by atoms with Gasteiger partial charge in [-0.3, -0.25) is 19.3 Å². The van der Waals surface area contributed by atoms with Crippen molar-refractivity contribution < 1.29 is 56.6 Å². The molecule has 366 valence electrons. The molecule has 5 aromatic rings. The van der Waals surface area contributed by atoms with Crippen LogP contribution in [0.2, 0.25) is 0 Å². The molecule has 2 aliphatic heterocycles. The first-order valence-electron chi connectivity index (χ1n) is 22.8. The number of rotatable bonds is 16. The molecule has 4 atom stereocenters. The highest BCUT2D eigenvalue weighted by molar-refractivity contribution is 7.55. The van der Waals surface area contributed by atoms with E-state index in [9.17, 15) is 28.8 Å². The quantitative estimate of drug-likeness (QED) is 0.0703. The molecule has 2 saturated heterocycles. The average Bonchev–Trinajstić information content (AvgIpc) is 4.09. The van der Waals surface area contributed by atoms with Crippen molar-refractivity contribution in [3.8, 4) is 11.5 Å². The van der Waals surface area contributed by atoms with Crippen molar-refractivity contribution in [1.29, 1.82) is 0 Å². The Balaban J connectivity index is 1.16. The van der Waals surface area contributed by atoms with Crippen LogP contribution in [0, 0.1) is 0 Å². The Morgan fingerprint density at radius 1 is 0.557 bits per heavy atom. The van der Waals surface area contributed by atoms with Crippen LogP contribution in [0.5, 0.6) is 11.5 Å². The Bertz CT molecular complexity index is 2530. The molecule has 18 nitrogen and oxygen atoms in total. The van der Waals surface area contributed by atoms with Gasteiger partial charge in [-0.05, 0) is 105 Å². The number of nitrogens with zero attached hydrogens (tertiary/aromatic N) is 4. The maximum atomic E-state index is 15.6. The van der Waals surface area contributed by atoms with Gasteiger partial charge in [-0.1, -0.05) is 91.0 Å². The standard InChI is InChI=1S/C51H55N6O12P/c1-35(52)46(58)56(50(62)66-33-38-16-8-4-9-17-38)40-22-26-42(27-23-40)68-70(64,45-21-13-31-55(45)48(60)44-20-12-30-54(44)49(61)65-32-37-14-6-3-7-15-37)69-43-28-24-41(25-29-43)57(47(59)36(2)53)51(63)67-34-39-18-10-5-11-19-39/h3-11,14-19,22-29,35-36,44-45H,12-13,20-21,30-34,52-53H2,1-2H3/t35-,36-,44-,45+/m0/s1. The first-order valence-corrected chi connectivity index (χ1v) is 24.4. The predicted octanol–water partition coefficient (Wildman–Crippen LogP) is 8.12. The van der Waals surface area contributed by atoms with Gasteiger partial charge in [0.2, 0.25) is 5.91 Å². The molecule has 70 heavy (non-hydrogen) atoms. The van der Waals surface area contributed by atoms with E-state index in [0.29, 0.717) is 30.4 Å². The van der Waals surface area contributed by atoms with E-state index in [4.69, 9.17) is 34.7 Å². The summed E-state index contributed by atoms with van der Waals surface area (Å²) in [5.41, 5.74) is 14.2. The molecular weight excluding hydrogens is 920 g/mol. The first-order chi connectivity index (χ1) is 33.7. The number of carbonyl (C=O) groups excluding carboxylic acids is 6. The third-order valence-electron chi connectivity index (χ3n) is 11.5.